The van der Waals surface area contributed by atoms with Crippen molar-refractivity contribution in [1.29, 1.82) is 0 Å². The Kier molecular flexibility index (Phi) is 2.20. The van der Waals surface area contributed by atoms with Crippen LogP contribution in [0.15, 0.2) is 4.99 Å². The molecule has 4 heteroatoms. The first-order chi connectivity index (χ1) is 5.00. The van der Waals surface area contributed by atoms with Crippen molar-refractivity contribution in [2.45, 2.75) is 38.4 Å². The van der Waals surface area contributed by atoms with Crippen LogP contribution < -0.4 is 0 Å². The summed E-state index contributed by atoms with van der Waals surface area (Å²) in [5.74, 6) is 0. The van der Waals surface area contributed by atoms with Crippen molar-refractivity contribution in [2.75, 3.05) is 0 Å². The van der Waals surface area contributed by atoms with E-state index in [1.54, 1.807) is 6.92 Å². The Labute approximate surface area is 63.3 Å². The van der Waals surface area contributed by atoms with E-state index >= 15 is 0 Å². The Morgan fingerprint density at radius 2 is 2.09 bits per heavy atom. The fraction of sp³-hybridized carbons (Fsp3) is 0.857. The number of alkyl halides is 3. The topological polar surface area (TPSA) is 12.4 Å². The van der Waals surface area contributed by atoms with E-state index in [4.69, 9.17) is 0 Å². The molecule has 1 aliphatic heterocycles. The van der Waals surface area contributed by atoms with Gasteiger partial charge in [0.2, 0.25) is 0 Å². The number of hydrogen-bond acceptors (Lipinski definition) is 1. The maximum Gasteiger partial charge on any atom is 0.429 e. The zero-order valence-corrected chi connectivity index (χ0v) is 6.28. The lowest BCUT2D eigenvalue weighted by molar-refractivity contribution is -0.0615. The van der Waals surface area contributed by atoms with Gasteiger partial charge < -0.3 is 0 Å². The first kappa shape index (κ1) is 8.56. The second-order valence-corrected chi connectivity index (χ2v) is 2.81. The number of aliphatic imine (C=N–C) groups is 1. The Balaban J connectivity index is 2.71. The summed E-state index contributed by atoms with van der Waals surface area (Å²) in [7, 11) is 0. The molecule has 64 valence electrons. The lowest BCUT2D eigenvalue weighted by atomic mass is 10.0. The van der Waals surface area contributed by atoms with Crippen LogP contribution in [0.5, 0.6) is 0 Å². The monoisotopic (exact) mass is 165 g/mol. The third-order valence-corrected chi connectivity index (χ3v) is 1.74. The first-order valence-corrected chi connectivity index (χ1v) is 3.64. The van der Waals surface area contributed by atoms with Gasteiger partial charge in [0.15, 0.2) is 0 Å². The molecule has 1 unspecified atom stereocenters. The molecule has 11 heavy (non-hydrogen) atoms. The summed E-state index contributed by atoms with van der Waals surface area (Å²) >= 11 is 0. The van der Waals surface area contributed by atoms with Gasteiger partial charge in [0, 0.05) is 6.04 Å². The van der Waals surface area contributed by atoms with Gasteiger partial charge in [-0.2, -0.15) is 13.2 Å². The Hall–Kier alpha value is -0.540. The zero-order valence-electron chi connectivity index (χ0n) is 6.28. The highest BCUT2D eigenvalue weighted by Crippen LogP contribution is 2.25. The van der Waals surface area contributed by atoms with Crippen LogP contribution in [0.2, 0.25) is 0 Å². The quantitative estimate of drug-likeness (QED) is 0.523. The van der Waals surface area contributed by atoms with Gasteiger partial charge in [0.25, 0.3) is 0 Å². The van der Waals surface area contributed by atoms with Crippen LogP contribution in [0, 0.1) is 0 Å². The van der Waals surface area contributed by atoms with E-state index in [9.17, 15) is 13.2 Å². The summed E-state index contributed by atoms with van der Waals surface area (Å²) in [6, 6.07) is -0.152. The number of hydrogen-bond donors (Lipinski definition) is 0. The average Bonchev–Trinajstić information content (AvgIpc) is 1.86. The number of rotatable bonds is 0. The van der Waals surface area contributed by atoms with Crippen molar-refractivity contribution >= 4 is 5.71 Å². The highest BCUT2D eigenvalue weighted by Gasteiger charge is 2.36. The van der Waals surface area contributed by atoms with Crippen molar-refractivity contribution in [3.63, 3.8) is 0 Å². The third kappa shape index (κ3) is 2.20. The van der Waals surface area contributed by atoms with Gasteiger partial charge in [-0.1, -0.05) is 0 Å². The van der Waals surface area contributed by atoms with Crippen LogP contribution in [0.25, 0.3) is 0 Å². The van der Waals surface area contributed by atoms with E-state index in [2.05, 4.69) is 4.99 Å². The molecule has 0 N–H and O–H groups in total. The Morgan fingerprint density at radius 1 is 1.45 bits per heavy atom. The van der Waals surface area contributed by atoms with Crippen LogP contribution in [-0.4, -0.2) is 17.9 Å². The molecule has 1 atom stereocenters. The van der Waals surface area contributed by atoms with Crippen LogP contribution in [0.3, 0.4) is 0 Å². The maximum atomic E-state index is 12.0. The molecule has 0 aliphatic carbocycles. The highest BCUT2D eigenvalue weighted by atomic mass is 19.4. The zero-order chi connectivity index (χ0) is 8.48. The summed E-state index contributed by atoms with van der Waals surface area (Å²) < 4.78 is 36.0. The second-order valence-electron chi connectivity index (χ2n) is 2.81. The van der Waals surface area contributed by atoms with E-state index in [0.717, 1.165) is 6.42 Å². The molecule has 0 aromatic rings. The maximum absolute atomic E-state index is 12.0. The lowest BCUT2D eigenvalue weighted by Gasteiger charge is -2.18. The fourth-order valence-corrected chi connectivity index (χ4v) is 1.17. The predicted octanol–water partition coefficient (Wildman–Crippen LogP) is 2.56. The molecule has 0 bridgehead atoms. The van der Waals surface area contributed by atoms with Gasteiger partial charge in [0.05, 0.1) is 0 Å². The predicted molar refractivity (Wildman–Crippen MR) is 36.8 cm³/mol. The smallest absolute Gasteiger partial charge is 0.282 e. The summed E-state index contributed by atoms with van der Waals surface area (Å²) in [5, 5.41) is 0. The van der Waals surface area contributed by atoms with Gasteiger partial charge in [-0.3, -0.25) is 4.99 Å². The molecule has 0 saturated heterocycles. The number of nitrogens with zero attached hydrogens (tertiary/aromatic N) is 1. The molecule has 0 radical (unpaired) electrons. The molecule has 0 aromatic heterocycles. The lowest BCUT2D eigenvalue weighted by Crippen LogP contribution is -2.27. The summed E-state index contributed by atoms with van der Waals surface area (Å²) in [6.45, 7) is 1.71. The van der Waals surface area contributed by atoms with Crippen LogP contribution >= 0.6 is 0 Å². The van der Waals surface area contributed by atoms with E-state index < -0.39 is 11.9 Å². The standard InChI is InChI=1S/C7H10F3N/c1-5-3-2-4-6(11-5)7(8,9)10/h5H,2-4H2,1H3. The molecular weight excluding hydrogens is 155 g/mol. The molecule has 1 heterocycles. The summed E-state index contributed by atoms with van der Waals surface area (Å²) in [5.41, 5.74) is -0.587. The van der Waals surface area contributed by atoms with Crippen molar-refractivity contribution in [3.8, 4) is 0 Å². The minimum Gasteiger partial charge on any atom is -0.282 e. The number of halogens is 3. The molecule has 0 amide bonds. The fourth-order valence-electron chi connectivity index (χ4n) is 1.17. The van der Waals surface area contributed by atoms with Crippen molar-refractivity contribution in [3.05, 3.63) is 0 Å². The summed E-state index contributed by atoms with van der Waals surface area (Å²) in [6.07, 6.45) is -2.72. The molecule has 1 aliphatic rings. The molecule has 0 spiro atoms. The molecule has 1 rings (SSSR count). The largest absolute Gasteiger partial charge is 0.429 e. The van der Waals surface area contributed by atoms with Gasteiger partial charge in [0.1, 0.15) is 5.71 Å². The minimum absolute atomic E-state index is 0.0911. The Bertz CT molecular complexity index is 171. The molecule has 0 saturated carbocycles. The summed E-state index contributed by atoms with van der Waals surface area (Å²) in [4.78, 5) is 3.55. The van der Waals surface area contributed by atoms with Crippen LogP contribution in [0.1, 0.15) is 26.2 Å². The van der Waals surface area contributed by atoms with Crippen molar-refractivity contribution < 1.29 is 13.2 Å². The van der Waals surface area contributed by atoms with Gasteiger partial charge in [-0.15, -0.1) is 0 Å². The second kappa shape index (κ2) is 2.83. The average molecular weight is 165 g/mol. The molecule has 0 fully saturated rings. The van der Waals surface area contributed by atoms with Gasteiger partial charge >= 0.3 is 6.18 Å². The Morgan fingerprint density at radius 3 is 2.45 bits per heavy atom. The van der Waals surface area contributed by atoms with Gasteiger partial charge in [-0.05, 0) is 26.2 Å². The molecular formula is C7H10F3N. The SMILES string of the molecule is CC1CCCC(C(F)(F)F)=N1. The first-order valence-electron chi connectivity index (χ1n) is 3.64. The van der Waals surface area contributed by atoms with E-state index in [1.807, 2.05) is 0 Å². The molecule has 1 nitrogen and oxygen atoms in total. The van der Waals surface area contributed by atoms with Gasteiger partial charge in [-0.25, -0.2) is 0 Å². The normalized spacial score (nSPS) is 26.5. The van der Waals surface area contributed by atoms with Crippen molar-refractivity contribution in [2.24, 2.45) is 4.99 Å². The van der Waals surface area contributed by atoms with Crippen LogP contribution in [-0.2, 0) is 0 Å². The van der Waals surface area contributed by atoms with Crippen LogP contribution in [0.4, 0.5) is 13.2 Å². The van der Waals surface area contributed by atoms with Crippen molar-refractivity contribution in [1.82, 2.24) is 0 Å². The van der Waals surface area contributed by atoms with E-state index in [-0.39, 0.29) is 12.5 Å². The van der Waals surface area contributed by atoms with E-state index in [0.29, 0.717) is 6.42 Å². The minimum atomic E-state index is -4.20. The molecule has 0 aromatic carbocycles. The van der Waals surface area contributed by atoms with E-state index in [1.165, 1.54) is 0 Å². The third-order valence-electron chi connectivity index (χ3n) is 1.74. The highest BCUT2D eigenvalue weighted by molar-refractivity contribution is 5.90.